The second-order valence-corrected chi connectivity index (χ2v) is 7.84. The maximum atomic E-state index is 2.87. The summed E-state index contributed by atoms with van der Waals surface area (Å²) in [6.07, 6.45) is 7.32. The van der Waals surface area contributed by atoms with E-state index in [0.29, 0.717) is 0 Å². The molecule has 2 heterocycles. The van der Waals surface area contributed by atoms with Gasteiger partial charge in [0, 0.05) is 31.7 Å². The lowest BCUT2D eigenvalue weighted by Crippen LogP contribution is -2.58. The highest BCUT2D eigenvalue weighted by Gasteiger charge is 2.38. The third-order valence-corrected chi connectivity index (χ3v) is 5.90. The normalized spacial score (nSPS) is 41.1. The molecule has 0 radical (unpaired) electrons. The molecule has 0 N–H and O–H groups in total. The number of piperazine rings is 1. The van der Waals surface area contributed by atoms with E-state index < -0.39 is 0 Å². The van der Waals surface area contributed by atoms with Crippen molar-refractivity contribution in [3.8, 4) is 0 Å². The van der Waals surface area contributed by atoms with Crippen LogP contribution >= 0.6 is 0 Å². The van der Waals surface area contributed by atoms with Crippen LogP contribution in [0.15, 0.2) is 0 Å². The van der Waals surface area contributed by atoms with Gasteiger partial charge in [0.25, 0.3) is 0 Å². The molecular formula is C17H32N2. The van der Waals surface area contributed by atoms with Crippen LogP contribution in [0.2, 0.25) is 0 Å². The molecule has 110 valence electrons. The van der Waals surface area contributed by atoms with E-state index in [4.69, 9.17) is 0 Å². The molecule has 19 heavy (non-hydrogen) atoms. The lowest BCUT2D eigenvalue weighted by atomic mass is 9.95. The molecule has 3 rings (SSSR count). The molecule has 0 spiro atoms. The van der Waals surface area contributed by atoms with Crippen molar-refractivity contribution in [1.29, 1.82) is 0 Å². The van der Waals surface area contributed by atoms with Crippen LogP contribution in [0.4, 0.5) is 0 Å². The second-order valence-electron chi connectivity index (χ2n) is 7.84. The van der Waals surface area contributed by atoms with Crippen LogP contribution in [-0.4, -0.2) is 48.1 Å². The van der Waals surface area contributed by atoms with Crippen molar-refractivity contribution in [1.82, 2.24) is 9.80 Å². The van der Waals surface area contributed by atoms with E-state index >= 15 is 0 Å². The Bertz CT molecular complexity index is 302. The van der Waals surface area contributed by atoms with Crippen LogP contribution in [0.1, 0.15) is 52.9 Å². The highest BCUT2D eigenvalue weighted by molar-refractivity contribution is 4.94. The molecule has 2 saturated heterocycles. The Kier molecular flexibility index (Phi) is 4.19. The van der Waals surface area contributed by atoms with Gasteiger partial charge in [-0.1, -0.05) is 27.2 Å². The van der Waals surface area contributed by atoms with Crippen LogP contribution in [0.3, 0.4) is 0 Å². The molecule has 2 heteroatoms. The fourth-order valence-electron chi connectivity index (χ4n) is 4.77. The van der Waals surface area contributed by atoms with Crippen LogP contribution in [0.25, 0.3) is 0 Å². The van der Waals surface area contributed by atoms with E-state index in [2.05, 4.69) is 30.6 Å². The van der Waals surface area contributed by atoms with Gasteiger partial charge in [0.2, 0.25) is 0 Å². The Morgan fingerprint density at radius 3 is 2.63 bits per heavy atom. The highest BCUT2D eigenvalue weighted by atomic mass is 15.3. The topological polar surface area (TPSA) is 6.48 Å². The summed E-state index contributed by atoms with van der Waals surface area (Å²) in [7, 11) is 0. The van der Waals surface area contributed by atoms with E-state index in [9.17, 15) is 0 Å². The van der Waals surface area contributed by atoms with Crippen molar-refractivity contribution in [2.75, 3.05) is 26.2 Å². The van der Waals surface area contributed by atoms with Gasteiger partial charge in [-0.05, 0) is 50.0 Å². The summed E-state index contributed by atoms with van der Waals surface area (Å²) in [6, 6.07) is 1.69. The first kappa shape index (κ1) is 13.9. The van der Waals surface area contributed by atoms with Crippen molar-refractivity contribution in [2.24, 2.45) is 17.8 Å². The second kappa shape index (κ2) is 5.73. The highest BCUT2D eigenvalue weighted by Crippen LogP contribution is 2.34. The summed E-state index contributed by atoms with van der Waals surface area (Å²) in [5.74, 6) is 2.78. The summed E-state index contributed by atoms with van der Waals surface area (Å²) >= 11 is 0. The summed E-state index contributed by atoms with van der Waals surface area (Å²) in [5.41, 5.74) is 0. The molecule has 3 aliphatic rings. The van der Waals surface area contributed by atoms with Crippen LogP contribution in [0, 0.1) is 17.8 Å². The van der Waals surface area contributed by atoms with Crippen molar-refractivity contribution >= 4 is 0 Å². The lowest BCUT2D eigenvalue weighted by molar-refractivity contribution is 0.0195. The van der Waals surface area contributed by atoms with Gasteiger partial charge in [0.05, 0.1) is 0 Å². The minimum absolute atomic E-state index is 0.806. The van der Waals surface area contributed by atoms with Crippen molar-refractivity contribution in [2.45, 2.75) is 65.0 Å². The zero-order valence-corrected chi connectivity index (χ0v) is 13.1. The van der Waals surface area contributed by atoms with Crippen molar-refractivity contribution < 1.29 is 0 Å². The molecule has 0 aromatic carbocycles. The summed E-state index contributed by atoms with van der Waals surface area (Å²) in [6.45, 7) is 12.7. The van der Waals surface area contributed by atoms with E-state index in [-0.39, 0.29) is 0 Å². The minimum atomic E-state index is 0.806. The predicted molar refractivity (Wildman–Crippen MR) is 81.3 cm³/mol. The third-order valence-electron chi connectivity index (χ3n) is 5.90. The largest absolute Gasteiger partial charge is 0.298 e. The van der Waals surface area contributed by atoms with E-state index in [1.54, 1.807) is 0 Å². The first-order valence-corrected chi connectivity index (χ1v) is 8.61. The van der Waals surface area contributed by atoms with Crippen molar-refractivity contribution in [3.63, 3.8) is 0 Å². The van der Waals surface area contributed by atoms with Gasteiger partial charge in [-0.2, -0.15) is 0 Å². The zero-order chi connectivity index (χ0) is 13.4. The van der Waals surface area contributed by atoms with Gasteiger partial charge < -0.3 is 0 Å². The van der Waals surface area contributed by atoms with Crippen LogP contribution < -0.4 is 0 Å². The SMILES string of the molecule is CC1CCC(CN2CC3CCCN3CC2C(C)C)C1. The number of hydrogen-bond acceptors (Lipinski definition) is 2. The van der Waals surface area contributed by atoms with Crippen LogP contribution in [0.5, 0.6) is 0 Å². The van der Waals surface area contributed by atoms with E-state index in [0.717, 1.165) is 29.8 Å². The smallest absolute Gasteiger partial charge is 0.0247 e. The number of nitrogens with zero attached hydrogens (tertiary/aromatic N) is 2. The Balaban J connectivity index is 1.63. The molecule has 4 atom stereocenters. The number of hydrogen-bond donors (Lipinski definition) is 0. The van der Waals surface area contributed by atoms with Gasteiger partial charge in [-0.15, -0.1) is 0 Å². The molecule has 2 aliphatic heterocycles. The summed E-state index contributed by atoms with van der Waals surface area (Å²) < 4.78 is 0. The summed E-state index contributed by atoms with van der Waals surface area (Å²) in [4.78, 5) is 5.65. The minimum Gasteiger partial charge on any atom is -0.298 e. The molecule has 1 aliphatic carbocycles. The Hall–Kier alpha value is -0.0800. The Morgan fingerprint density at radius 2 is 1.95 bits per heavy atom. The fraction of sp³-hybridized carbons (Fsp3) is 1.00. The molecule has 4 unspecified atom stereocenters. The first-order chi connectivity index (χ1) is 9.13. The molecule has 3 fully saturated rings. The number of fused-ring (bicyclic) bond motifs is 1. The van der Waals surface area contributed by atoms with E-state index in [1.807, 2.05) is 0 Å². The molecule has 0 bridgehead atoms. The van der Waals surface area contributed by atoms with Gasteiger partial charge in [0.15, 0.2) is 0 Å². The van der Waals surface area contributed by atoms with Crippen LogP contribution in [-0.2, 0) is 0 Å². The van der Waals surface area contributed by atoms with Gasteiger partial charge in [-0.3, -0.25) is 9.80 Å². The first-order valence-electron chi connectivity index (χ1n) is 8.61. The zero-order valence-electron chi connectivity index (χ0n) is 13.1. The predicted octanol–water partition coefficient (Wildman–Crippen LogP) is 3.23. The molecule has 2 nitrogen and oxygen atoms in total. The van der Waals surface area contributed by atoms with E-state index in [1.165, 1.54) is 58.3 Å². The molecule has 0 aromatic heterocycles. The van der Waals surface area contributed by atoms with Gasteiger partial charge in [-0.25, -0.2) is 0 Å². The summed E-state index contributed by atoms with van der Waals surface area (Å²) in [5, 5.41) is 0. The van der Waals surface area contributed by atoms with Gasteiger partial charge in [0.1, 0.15) is 0 Å². The standard InChI is InChI=1S/C17H32N2/c1-13(2)17-12-18-8-4-5-16(18)11-19(17)10-15-7-6-14(3)9-15/h13-17H,4-12H2,1-3H3. The molecule has 1 saturated carbocycles. The molecule has 0 aromatic rings. The average molecular weight is 264 g/mol. The average Bonchev–Trinajstić information content (AvgIpc) is 2.96. The Morgan fingerprint density at radius 1 is 1.11 bits per heavy atom. The third kappa shape index (κ3) is 3.00. The van der Waals surface area contributed by atoms with Gasteiger partial charge >= 0.3 is 0 Å². The fourth-order valence-corrected chi connectivity index (χ4v) is 4.77. The quantitative estimate of drug-likeness (QED) is 0.772. The van der Waals surface area contributed by atoms with Crippen molar-refractivity contribution in [3.05, 3.63) is 0 Å². The Labute approximate surface area is 119 Å². The molecule has 0 amide bonds. The lowest BCUT2D eigenvalue weighted by Gasteiger charge is -2.46. The monoisotopic (exact) mass is 264 g/mol. The maximum absolute atomic E-state index is 2.87. The molecular weight excluding hydrogens is 232 g/mol. The maximum Gasteiger partial charge on any atom is 0.0247 e. The number of rotatable bonds is 3.